The molecule has 1 heterocycles. The van der Waals surface area contributed by atoms with Crippen molar-refractivity contribution in [3.63, 3.8) is 0 Å². The van der Waals surface area contributed by atoms with Crippen LogP contribution in [0.4, 0.5) is 0 Å². The van der Waals surface area contributed by atoms with Crippen molar-refractivity contribution in [1.82, 2.24) is 9.78 Å². The average Bonchev–Trinajstić information content (AvgIpc) is 2.74. The van der Waals surface area contributed by atoms with Crippen LogP contribution < -0.4 is 5.73 Å². The topological polar surface area (TPSA) is 78.0 Å². The van der Waals surface area contributed by atoms with Crippen LogP contribution in [0.15, 0.2) is 24.3 Å². The summed E-state index contributed by atoms with van der Waals surface area (Å²) in [6.45, 7) is 3.11. The van der Waals surface area contributed by atoms with Gasteiger partial charge in [0.25, 0.3) is 0 Å². The summed E-state index contributed by atoms with van der Waals surface area (Å²) in [7, 11) is -3.14. The first-order valence-electron chi connectivity index (χ1n) is 6.42. The normalized spacial score (nSPS) is 12.1. The maximum Gasteiger partial charge on any atom is 0.156 e. The molecule has 2 N–H and O–H groups in total. The monoisotopic (exact) mass is 281 g/mol. The summed E-state index contributed by atoms with van der Waals surface area (Å²) in [6.07, 6.45) is 0.495. The van der Waals surface area contributed by atoms with Crippen LogP contribution in [0.25, 0.3) is 10.9 Å². The van der Waals surface area contributed by atoms with E-state index in [9.17, 15) is 8.42 Å². The van der Waals surface area contributed by atoms with Gasteiger partial charge in [-0.25, -0.2) is 8.42 Å². The predicted molar refractivity (Wildman–Crippen MR) is 76.6 cm³/mol. The molecule has 1 aromatic carbocycles. The van der Waals surface area contributed by atoms with E-state index in [1.54, 1.807) is 0 Å². The first kappa shape index (κ1) is 14.0. The summed E-state index contributed by atoms with van der Waals surface area (Å²) in [5.41, 5.74) is 6.98. The zero-order valence-electron chi connectivity index (χ0n) is 11.0. The van der Waals surface area contributed by atoms with Crippen LogP contribution in [0.5, 0.6) is 0 Å². The Morgan fingerprint density at radius 1 is 1.32 bits per heavy atom. The molecule has 2 rings (SSSR count). The molecule has 0 radical (unpaired) electrons. The van der Waals surface area contributed by atoms with Gasteiger partial charge < -0.3 is 5.73 Å². The smallest absolute Gasteiger partial charge is 0.156 e. The molecule has 0 amide bonds. The number of nitrogens with zero attached hydrogens (tertiary/aromatic N) is 2. The van der Waals surface area contributed by atoms with Crippen molar-refractivity contribution >= 4 is 20.7 Å². The largest absolute Gasteiger partial charge is 0.330 e. The van der Waals surface area contributed by atoms with Gasteiger partial charge in [-0.3, -0.25) is 4.68 Å². The van der Waals surface area contributed by atoms with Crippen LogP contribution >= 0.6 is 0 Å². The second-order valence-electron chi connectivity index (χ2n) is 4.51. The fraction of sp³-hybridized carbons (Fsp3) is 0.462. The zero-order chi connectivity index (χ0) is 13.9. The van der Waals surface area contributed by atoms with Crippen molar-refractivity contribution in [2.75, 3.05) is 12.3 Å². The third kappa shape index (κ3) is 3.13. The van der Waals surface area contributed by atoms with E-state index < -0.39 is 9.84 Å². The Hall–Kier alpha value is -1.40. The van der Waals surface area contributed by atoms with Crippen molar-refractivity contribution in [2.24, 2.45) is 5.73 Å². The van der Waals surface area contributed by atoms with E-state index in [2.05, 4.69) is 5.10 Å². The highest BCUT2D eigenvalue weighted by atomic mass is 32.2. The van der Waals surface area contributed by atoms with Crippen LogP contribution in [0.1, 0.15) is 19.0 Å². The van der Waals surface area contributed by atoms with E-state index in [4.69, 9.17) is 5.73 Å². The second-order valence-corrected chi connectivity index (χ2v) is 6.70. The van der Waals surface area contributed by atoms with Gasteiger partial charge in [0, 0.05) is 11.9 Å². The Kier molecular flexibility index (Phi) is 4.21. The molecule has 0 aliphatic carbocycles. The van der Waals surface area contributed by atoms with E-state index >= 15 is 0 Å². The summed E-state index contributed by atoms with van der Waals surface area (Å²) >= 11 is 0. The first-order chi connectivity index (χ1) is 9.07. The summed E-state index contributed by atoms with van der Waals surface area (Å²) in [5.74, 6) is 0.108. The van der Waals surface area contributed by atoms with Gasteiger partial charge in [0.2, 0.25) is 0 Å². The molecule has 0 aliphatic rings. The van der Waals surface area contributed by atoms with Crippen LogP contribution in [-0.4, -0.2) is 30.5 Å². The van der Waals surface area contributed by atoms with Gasteiger partial charge in [0.05, 0.1) is 22.7 Å². The van der Waals surface area contributed by atoms with Crippen molar-refractivity contribution in [1.29, 1.82) is 0 Å². The molecule has 2 aromatic rings. The molecule has 6 heteroatoms. The minimum atomic E-state index is -3.14. The van der Waals surface area contributed by atoms with E-state index in [-0.39, 0.29) is 11.5 Å². The average molecular weight is 281 g/mol. The van der Waals surface area contributed by atoms with Crippen molar-refractivity contribution in [2.45, 2.75) is 25.6 Å². The summed E-state index contributed by atoms with van der Waals surface area (Å²) < 4.78 is 25.8. The zero-order valence-corrected chi connectivity index (χ0v) is 11.9. The van der Waals surface area contributed by atoms with Crippen molar-refractivity contribution in [3.8, 4) is 0 Å². The lowest BCUT2D eigenvalue weighted by atomic mass is 10.2. The van der Waals surface area contributed by atoms with Crippen molar-refractivity contribution in [3.05, 3.63) is 30.0 Å². The predicted octanol–water partition coefficient (Wildman–Crippen LogP) is 1.32. The summed E-state index contributed by atoms with van der Waals surface area (Å²) in [5, 5.41) is 5.32. The molecule has 104 valence electrons. The number of benzene rings is 1. The maximum atomic E-state index is 12.0. The fourth-order valence-electron chi connectivity index (χ4n) is 2.13. The molecule has 0 saturated heterocycles. The number of aromatic nitrogens is 2. The van der Waals surface area contributed by atoms with Gasteiger partial charge in [-0.05, 0) is 26.0 Å². The number of para-hydroxylation sites is 1. The third-order valence-corrected chi connectivity index (χ3v) is 4.67. The van der Waals surface area contributed by atoms with E-state index in [1.807, 2.05) is 35.9 Å². The molecule has 0 saturated carbocycles. The molecular formula is C13H19N3O2S. The number of aryl methyl sites for hydroxylation is 1. The highest BCUT2D eigenvalue weighted by molar-refractivity contribution is 7.90. The van der Waals surface area contributed by atoms with Gasteiger partial charge in [-0.2, -0.15) is 5.10 Å². The van der Waals surface area contributed by atoms with Crippen molar-refractivity contribution < 1.29 is 8.42 Å². The van der Waals surface area contributed by atoms with Crippen LogP contribution in [0.2, 0.25) is 0 Å². The van der Waals surface area contributed by atoms with Gasteiger partial charge in [0.15, 0.2) is 9.84 Å². The molecule has 5 nitrogen and oxygen atoms in total. The molecule has 0 unspecified atom stereocenters. The maximum absolute atomic E-state index is 12.0. The molecule has 0 atom stereocenters. The number of rotatable bonds is 6. The number of hydrogen-bond acceptors (Lipinski definition) is 4. The SMILES string of the molecule is CCn1nc(CS(=O)(=O)CCCN)c2ccccc21. The molecule has 0 aliphatic heterocycles. The Morgan fingerprint density at radius 2 is 2.05 bits per heavy atom. The molecular weight excluding hydrogens is 262 g/mol. The summed E-state index contributed by atoms with van der Waals surface area (Å²) in [4.78, 5) is 0. The van der Waals surface area contributed by atoms with Crippen LogP contribution in [-0.2, 0) is 22.1 Å². The lowest BCUT2D eigenvalue weighted by Gasteiger charge is -2.01. The Morgan fingerprint density at radius 3 is 2.74 bits per heavy atom. The Bertz CT molecular complexity index is 662. The van der Waals surface area contributed by atoms with Gasteiger partial charge in [-0.1, -0.05) is 18.2 Å². The highest BCUT2D eigenvalue weighted by Crippen LogP contribution is 2.20. The van der Waals surface area contributed by atoms with Gasteiger partial charge in [-0.15, -0.1) is 0 Å². The fourth-order valence-corrected chi connectivity index (χ4v) is 3.51. The molecule has 19 heavy (non-hydrogen) atoms. The number of sulfone groups is 1. The quantitative estimate of drug-likeness (QED) is 0.866. The lowest BCUT2D eigenvalue weighted by Crippen LogP contribution is -2.13. The minimum Gasteiger partial charge on any atom is -0.330 e. The Labute approximate surface area is 113 Å². The Balaban J connectivity index is 2.36. The van der Waals surface area contributed by atoms with Gasteiger partial charge >= 0.3 is 0 Å². The molecule has 0 fully saturated rings. The van der Waals surface area contributed by atoms with Crippen LogP contribution in [0, 0.1) is 0 Å². The van der Waals surface area contributed by atoms with Crippen LogP contribution in [0.3, 0.4) is 0 Å². The molecule has 0 bridgehead atoms. The molecule has 1 aromatic heterocycles. The third-order valence-electron chi connectivity index (χ3n) is 3.05. The summed E-state index contributed by atoms with van der Waals surface area (Å²) in [6, 6.07) is 7.72. The molecule has 0 spiro atoms. The minimum absolute atomic E-state index is 0.0134. The van der Waals surface area contributed by atoms with E-state index in [1.165, 1.54) is 0 Å². The lowest BCUT2D eigenvalue weighted by molar-refractivity contribution is 0.590. The highest BCUT2D eigenvalue weighted by Gasteiger charge is 2.17. The first-order valence-corrected chi connectivity index (χ1v) is 8.24. The number of fused-ring (bicyclic) bond motifs is 1. The van der Waals surface area contributed by atoms with E-state index in [0.29, 0.717) is 18.7 Å². The standard InChI is InChI=1S/C13H19N3O2S/c1-2-16-13-7-4-3-6-11(13)12(15-16)10-19(17,18)9-5-8-14/h3-4,6-7H,2,5,8-10,14H2,1H3. The second kappa shape index (κ2) is 5.71. The van der Waals surface area contributed by atoms with Gasteiger partial charge in [0.1, 0.15) is 0 Å². The number of nitrogens with two attached hydrogens (primary N) is 1. The van der Waals surface area contributed by atoms with E-state index in [0.717, 1.165) is 17.4 Å². The number of hydrogen-bond donors (Lipinski definition) is 1.